The molecule has 0 saturated heterocycles. The Morgan fingerprint density at radius 1 is 1.00 bits per heavy atom. The van der Waals surface area contributed by atoms with Gasteiger partial charge in [-0.25, -0.2) is 14.4 Å². The van der Waals surface area contributed by atoms with Gasteiger partial charge >= 0.3 is 0 Å². The monoisotopic (exact) mass is 480 g/mol. The molecule has 36 heavy (non-hydrogen) atoms. The summed E-state index contributed by atoms with van der Waals surface area (Å²) in [5.74, 6) is 0.452. The maximum Gasteiger partial charge on any atom is 0.255 e. The Balaban J connectivity index is 1.47. The topological polar surface area (TPSA) is 103 Å². The van der Waals surface area contributed by atoms with E-state index in [4.69, 9.17) is 0 Å². The highest BCUT2D eigenvalue weighted by Gasteiger charge is 2.17. The Hall–Kier alpha value is -4.77. The van der Waals surface area contributed by atoms with E-state index >= 15 is 0 Å². The lowest BCUT2D eigenvalue weighted by Gasteiger charge is -2.16. The van der Waals surface area contributed by atoms with E-state index in [-0.39, 0.29) is 28.9 Å². The number of amides is 1. The summed E-state index contributed by atoms with van der Waals surface area (Å²) in [6.07, 6.45) is 3.24. The molecular weight excluding hydrogens is 455 g/mol. The standard InChI is InChI=1S/C28H25FN6O/c1-18(21-7-10-24(29)11-8-21)35-28(36)25-13-20(14-30)16-34-27(25)33-15-19-3-5-22(6-4-19)23-9-12-26(31-2)32-17-23/h3-13,16-18H,15H2,1-2H3,(H,31,32)(H,33,34)(H,35,36)/t18-/m0/s1. The quantitative estimate of drug-likeness (QED) is 0.316. The number of pyridine rings is 2. The highest BCUT2D eigenvalue weighted by molar-refractivity contribution is 5.99. The molecule has 0 radical (unpaired) electrons. The van der Waals surface area contributed by atoms with E-state index in [9.17, 15) is 14.4 Å². The van der Waals surface area contributed by atoms with E-state index in [1.165, 1.54) is 24.4 Å². The number of carbonyl (C=O) groups is 1. The first kappa shape index (κ1) is 24.4. The normalized spacial score (nSPS) is 11.3. The Morgan fingerprint density at radius 2 is 1.72 bits per heavy atom. The second-order valence-electron chi connectivity index (χ2n) is 8.21. The number of nitriles is 1. The third-order valence-corrected chi connectivity index (χ3v) is 5.75. The fraction of sp³-hybridized carbons (Fsp3) is 0.143. The van der Waals surface area contributed by atoms with E-state index in [0.29, 0.717) is 12.4 Å². The van der Waals surface area contributed by atoms with Crippen molar-refractivity contribution in [2.75, 3.05) is 17.7 Å². The zero-order valence-electron chi connectivity index (χ0n) is 19.9. The van der Waals surface area contributed by atoms with Crippen LogP contribution in [0.1, 0.15) is 40.0 Å². The Morgan fingerprint density at radius 3 is 2.36 bits per heavy atom. The zero-order valence-corrected chi connectivity index (χ0v) is 19.9. The molecule has 3 N–H and O–H groups in total. The van der Waals surface area contributed by atoms with Gasteiger partial charge in [-0.3, -0.25) is 4.79 Å². The fourth-order valence-corrected chi connectivity index (χ4v) is 3.66. The van der Waals surface area contributed by atoms with Crippen molar-refractivity contribution in [2.24, 2.45) is 0 Å². The third kappa shape index (κ3) is 5.83. The number of benzene rings is 2. The van der Waals surface area contributed by atoms with E-state index in [0.717, 1.165) is 28.1 Å². The summed E-state index contributed by atoms with van der Waals surface area (Å²) in [5, 5.41) is 18.4. The van der Waals surface area contributed by atoms with Gasteiger partial charge in [-0.2, -0.15) is 5.26 Å². The van der Waals surface area contributed by atoms with Gasteiger partial charge in [0.05, 0.1) is 17.2 Å². The second-order valence-corrected chi connectivity index (χ2v) is 8.21. The largest absolute Gasteiger partial charge is 0.373 e. The lowest BCUT2D eigenvalue weighted by molar-refractivity contribution is 0.0940. The van der Waals surface area contributed by atoms with Crippen LogP contribution in [0.2, 0.25) is 0 Å². The van der Waals surface area contributed by atoms with Crippen LogP contribution in [0.4, 0.5) is 16.0 Å². The number of nitrogens with one attached hydrogen (secondary N) is 3. The molecule has 180 valence electrons. The molecule has 1 atom stereocenters. The predicted molar refractivity (Wildman–Crippen MR) is 138 cm³/mol. The molecule has 4 rings (SSSR count). The van der Waals surface area contributed by atoms with Gasteiger partial charge in [-0.1, -0.05) is 36.4 Å². The number of anilines is 2. The highest BCUT2D eigenvalue weighted by atomic mass is 19.1. The first-order valence-corrected chi connectivity index (χ1v) is 11.4. The van der Waals surface area contributed by atoms with E-state index in [1.54, 1.807) is 12.1 Å². The van der Waals surface area contributed by atoms with E-state index in [2.05, 4.69) is 25.9 Å². The SMILES string of the molecule is CNc1ccc(-c2ccc(CNc3ncc(C#N)cc3C(=O)N[C@@H](C)c3ccc(F)cc3)cc2)cn1. The molecule has 0 aliphatic rings. The molecule has 0 bridgehead atoms. The van der Waals surface area contributed by atoms with Gasteiger partial charge in [0.25, 0.3) is 5.91 Å². The summed E-state index contributed by atoms with van der Waals surface area (Å²) < 4.78 is 13.2. The summed E-state index contributed by atoms with van der Waals surface area (Å²) in [5.41, 5.74) is 4.35. The number of hydrogen-bond acceptors (Lipinski definition) is 6. The van der Waals surface area contributed by atoms with Crippen LogP contribution in [-0.4, -0.2) is 22.9 Å². The van der Waals surface area contributed by atoms with Crippen molar-refractivity contribution < 1.29 is 9.18 Å². The minimum atomic E-state index is -0.383. The maximum absolute atomic E-state index is 13.2. The third-order valence-electron chi connectivity index (χ3n) is 5.75. The van der Waals surface area contributed by atoms with Gasteiger partial charge in [0, 0.05) is 31.5 Å². The van der Waals surface area contributed by atoms with Gasteiger partial charge in [-0.15, -0.1) is 0 Å². The van der Waals surface area contributed by atoms with Crippen molar-refractivity contribution >= 4 is 17.5 Å². The Kier molecular flexibility index (Phi) is 7.51. The molecule has 0 aliphatic heterocycles. The van der Waals surface area contributed by atoms with Gasteiger partial charge in [0.15, 0.2) is 0 Å². The van der Waals surface area contributed by atoms with Crippen LogP contribution in [0.25, 0.3) is 11.1 Å². The molecule has 0 unspecified atom stereocenters. The maximum atomic E-state index is 13.2. The minimum Gasteiger partial charge on any atom is -0.373 e. The Bertz CT molecular complexity index is 1380. The predicted octanol–water partition coefficient (Wildman–Crippen LogP) is 5.30. The minimum absolute atomic E-state index is 0.260. The smallest absolute Gasteiger partial charge is 0.255 e. The van der Waals surface area contributed by atoms with Gasteiger partial charge in [-0.05, 0) is 53.9 Å². The summed E-state index contributed by atoms with van der Waals surface area (Å²) in [7, 11) is 1.83. The lowest BCUT2D eigenvalue weighted by atomic mass is 10.1. The summed E-state index contributed by atoms with van der Waals surface area (Å²) in [6, 6.07) is 21.1. The molecule has 2 aromatic carbocycles. The first-order chi connectivity index (χ1) is 17.5. The van der Waals surface area contributed by atoms with Crippen LogP contribution >= 0.6 is 0 Å². The molecular formula is C28H25FN6O. The molecule has 2 heterocycles. The Labute approximate surface area is 209 Å². The molecule has 2 aromatic heterocycles. The van der Waals surface area contributed by atoms with Crippen LogP contribution < -0.4 is 16.0 Å². The van der Waals surface area contributed by atoms with Crippen molar-refractivity contribution in [1.29, 1.82) is 5.26 Å². The van der Waals surface area contributed by atoms with Crippen LogP contribution in [0.15, 0.2) is 79.1 Å². The van der Waals surface area contributed by atoms with Crippen molar-refractivity contribution in [1.82, 2.24) is 15.3 Å². The number of hydrogen-bond donors (Lipinski definition) is 3. The number of halogens is 1. The number of rotatable bonds is 8. The van der Waals surface area contributed by atoms with E-state index in [1.807, 2.05) is 62.6 Å². The van der Waals surface area contributed by atoms with Crippen molar-refractivity contribution in [3.8, 4) is 17.2 Å². The molecule has 4 aromatic rings. The average Bonchev–Trinajstić information content (AvgIpc) is 2.92. The average molecular weight is 481 g/mol. The van der Waals surface area contributed by atoms with Gasteiger partial charge in [0.2, 0.25) is 0 Å². The molecule has 0 aliphatic carbocycles. The van der Waals surface area contributed by atoms with Crippen molar-refractivity contribution in [3.63, 3.8) is 0 Å². The first-order valence-electron chi connectivity index (χ1n) is 11.4. The highest BCUT2D eigenvalue weighted by Crippen LogP contribution is 2.22. The van der Waals surface area contributed by atoms with Crippen LogP contribution in [0.3, 0.4) is 0 Å². The molecule has 1 amide bonds. The molecule has 0 fully saturated rings. The summed E-state index contributed by atoms with van der Waals surface area (Å²) in [4.78, 5) is 21.7. The second kappa shape index (κ2) is 11.1. The molecule has 8 heteroatoms. The zero-order chi connectivity index (χ0) is 25.5. The lowest BCUT2D eigenvalue weighted by Crippen LogP contribution is -2.28. The molecule has 0 saturated carbocycles. The van der Waals surface area contributed by atoms with Crippen LogP contribution in [0, 0.1) is 17.1 Å². The number of aromatic nitrogens is 2. The fourth-order valence-electron chi connectivity index (χ4n) is 3.66. The van der Waals surface area contributed by atoms with Gasteiger partial charge in [0.1, 0.15) is 23.5 Å². The van der Waals surface area contributed by atoms with Crippen molar-refractivity contribution in [3.05, 3.63) is 107 Å². The van der Waals surface area contributed by atoms with Crippen molar-refractivity contribution in [2.45, 2.75) is 19.5 Å². The number of carbonyl (C=O) groups excluding carboxylic acids is 1. The van der Waals surface area contributed by atoms with Crippen LogP contribution in [-0.2, 0) is 6.54 Å². The van der Waals surface area contributed by atoms with Gasteiger partial charge < -0.3 is 16.0 Å². The summed E-state index contributed by atoms with van der Waals surface area (Å²) >= 11 is 0. The molecule has 7 nitrogen and oxygen atoms in total. The summed E-state index contributed by atoms with van der Waals surface area (Å²) in [6.45, 7) is 2.24. The number of nitrogens with zero attached hydrogens (tertiary/aromatic N) is 3. The van der Waals surface area contributed by atoms with E-state index < -0.39 is 0 Å². The van der Waals surface area contributed by atoms with Crippen LogP contribution in [0.5, 0.6) is 0 Å². The molecule has 0 spiro atoms.